The number of halogens is 1. The summed E-state index contributed by atoms with van der Waals surface area (Å²) in [6.45, 7) is 2.04. The summed E-state index contributed by atoms with van der Waals surface area (Å²) in [5.41, 5.74) is 0.445. The molecule has 1 saturated heterocycles. The number of piperazine rings is 1. The van der Waals surface area contributed by atoms with Crippen molar-refractivity contribution in [2.45, 2.75) is 11.8 Å². The lowest BCUT2D eigenvalue weighted by molar-refractivity contribution is -0.134. The Balaban J connectivity index is 1.55. The van der Waals surface area contributed by atoms with E-state index in [2.05, 4.69) is 0 Å². The lowest BCUT2D eigenvalue weighted by Gasteiger charge is -2.34. The second-order valence-corrected chi connectivity index (χ2v) is 8.55. The first-order chi connectivity index (χ1) is 13.8. The first-order valence-electron chi connectivity index (χ1n) is 9.04. The van der Waals surface area contributed by atoms with Gasteiger partial charge in [0.1, 0.15) is 11.6 Å². The molecule has 2 aromatic rings. The zero-order valence-electron chi connectivity index (χ0n) is 15.9. The number of ether oxygens (including phenoxy) is 1. The topological polar surface area (TPSA) is 84.0 Å². The quantitative estimate of drug-likeness (QED) is 0.667. The van der Waals surface area contributed by atoms with Gasteiger partial charge in [-0.1, -0.05) is 12.1 Å². The van der Waals surface area contributed by atoms with Crippen LogP contribution in [0.5, 0.6) is 5.75 Å². The van der Waals surface area contributed by atoms with Crippen LogP contribution in [-0.2, 0) is 14.8 Å². The molecular weight excluding hydrogens is 399 g/mol. The van der Waals surface area contributed by atoms with Gasteiger partial charge in [0.2, 0.25) is 10.0 Å². The van der Waals surface area contributed by atoms with E-state index in [4.69, 9.17) is 4.74 Å². The van der Waals surface area contributed by atoms with Crippen LogP contribution in [0.2, 0.25) is 0 Å². The number of Topliss-reactive ketones (excluding diaryl/α,β-unsaturated/α-hetero) is 1. The van der Waals surface area contributed by atoms with Gasteiger partial charge in [-0.3, -0.25) is 9.59 Å². The molecule has 154 valence electrons. The van der Waals surface area contributed by atoms with Crippen molar-refractivity contribution in [3.8, 4) is 5.75 Å². The Bertz CT molecular complexity index is 983. The molecule has 1 fully saturated rings. The Labute approximate surface area is 168 Å². The van der Waals surface area contributed by atoms with Gasteiger partial charge < -0.3 is 9.64 Å². The normalized spacial score (nSPS) is 15.2. The summed E-state index contributed by atoms with van der Waals surface area (Å²) in [5.74, 6) is -0.409. The van der Waals surface area contributed by atoms with Crippen LogP contribution in [-0.4, -0.2) is 62.1 Å². The third kappa shape index (κ3) is 4.99. The van der Waals surface area contributed by atoms with E-state index < -0.39 is 15.8 Å². The summed E-state index contributed by atoms with van der Waals surface area (Å²) >= 11 is 0. The molecule has 0 saturated carbocycles. The maximum Gasteiger partial charge on any atom is 0.260 e. The van der Waals surface area contributed by atoms with Crippen LogP contribution in [0.1, 0.15) is 17.3 Å². The first-order valence-corrected chi connectivity index (χ1v) is 10.5. The summed E-state index contributed by atoms with van der Waals surface area (Å²) in [6.07, 6.45) is 0. The van der Waals surface area contributed by atoms with E-state index >= 15 is 0 Å². The Hall–Kier alpha value is -2.78. The van der Waals surface area contributed by atoms with Crippen LogP contribution >= 0.6 is 0 Å². The van der Waals surface area contributed by atoms with E-state index in [1.165, 1.54) is 64.7 Å². The van der Waals surface area contributed by atoms with E-state index in [1.54, 1.807) is 0 Å². The highest BCUT2D eigenvalue weighted by Crippen LogP contribution is 2.19. The smallest absolute Gasteiger partial charge is 0.260 e. The van der Waals surface area contributed by atoms with Crippen molar-refractivity contribution in [3.63, 3.8) is 0 Å². The molecule has 0 bridgehead atoms. The van der Waals surface area contributed by atoms with Crippen LogP contribution in [0, 0.1) is 5.82 Å². The molecule has 1 aliphatic rings. The van der Waals surface area contributed by atoms with Gasteiger partial charge in [-0.2, -0.15) is 4.31 Å². The number of hydrogen-bond donors (Lipinski definition) is 0. The fourth-order valence-electron chi connectivity index (χ4n) is 2.96. The van der Waals surface area contributed by atoms with Crippen LogP contribution in [0.3, 0.4) is 0 Å². The van der Waals surface area contributed by atoms with Crippen molar-refractivity contribution in [1.29, 1.82) is 0 Å². The molecule has 0 aliphatic carbocycles. The molecule has 7 nitrogen and oxygen atoms in total. The van der Waals surface area contributed by atoms with Crippen LogP contribution in [0.25, 0.3) is 0 Å². The van der Waals surface area contributed by atoms with Gasteiger partial charge in [-0.25, -0.2) is 12.8 Å². The second-order valence-electron chi connectivity index (χ2n) is 6.61. The number of sulfonamides is 1. The number of carbonyl (C=O) groups excluding carboxylic acids is 2. The van der Waals surface area contributed by atoms with Gasteiger partial charge in [0.25, 0.3) is 5.91 Å². The molecule has 0 atom stereocenters. The van der Waals surface area contributed by atoms with Crippen LogP contribution in [0.15, 0.2) is 53.4 Å². The second kappa shape index (κ2) is 8.71. The van der Waals surface area contributed by atoms with Crippen molar-refractivity contribution >= 4 is 21.7 Å². The molecular formula is C20H21FN2O5S. The zero-order valence-corrected chi connectivity index (χ0v) is 16.7. The van der Waals surface area contributed by atoms with Crippen molar-refractivity contribution in [1.82, 2.24) is 9.21 Å². The largest absolute Gasteiger partial charge is 0.484 e. The summed E-state index contributed by atoms with van der Waals surface area (Å²) in [6, 6.07) is 11.2. The average molecular weight is 420 g/mol. The third-order valence-electron chi connectivity index (χ3n) is 4.67. The van der Waals surface area contributed by atoms with E-state index in [-0.39, 0.29) is 49.4 Å². The van der Waals surface area contributed by atoms with Gasteiger partial charge in [-0.15, -0.1) is 0 Å². The van der Waals surface area contributed by atoms with Crippen LogP contribution in [0.4, 0.5) is 4.39 Å². The highest BCUT2D eigenvalue weighted by atomic mass is 32.2. The molecule has 1 heterocycles. The summed E-state index contributed by atoms with van der Waals surface area (Å²) < 4.78 is 45.1. The molecule has 0 unspecified atom stereocenters. The Morgan fingerprint density at radius 3 is 2.10 bits per heavy atom. The Morgan fingerprint density at radius 2 is 1.55 bits per heavy atom. The third-order valence-corrected chi connectivity index (χ3v) is 6.58. The van der Waals surface area contributed by atoms with Crippen molar-refractivity contribution in [3.05, 3.63) is 59.9 Å². The lowest BCUT2D eigenvalue weighted by atomic mass is 10.2. The van der Waals surface area contributed by atoms with Crippen molar-refractivity contribution in [2.24, 2.45) is 0 Å². The molecule has 1 aliphatic heterocycles. The summed E-state index contributed by atoms with van der Waals surface area (Å²) in [4.78, 5) is 25.3. The van der Waals surface area contributed by atoms with Gasteiger partial charge in [0.05, 0.1) is 4.90 Å². The average Bonchev–Trinajstić information content (AvgIpc) is 2.73. The number of benzene rings is 2. The fraction of sp³-hybridized carbons (Fsp3) is 0.300. The number of hydrogen-bond acceptors (Lipinski definition) is 5. The minimum atomic E-state index is -3.70. The van der Waals surface area contributed by atoms with E-state index in [9.17, 15) is 22.4 Å². The molecule has 9 heteroatoms. The molecule has 29 heavy (non-hydrogen) atoms. The fourth-order valence-corrected chi connectivity index (χ4v) is 4.38. The van der Waals surface area contributed by atoms with E-state index in [0.717, 1.165) is 0 Å². The zero-order chi connectivity index (χ0) is 21.0. The lowest BCUT2D eigenvalue weighted by Crippen LogP contribution is -2.51. The molecule has 0 aromatic heterocycles. The minimum Gasteiger partial charge on any atom is -0.484 e. The SMILES string of the molecule is CC(=O)c1ccc(S(=O)(=O)N2CCN(C(=O)COc3ccc(F)cc3)CC2)cc1. The summed E-state index contributed by atoms with van der Waals surface area (Å²) in [5, 5.41) is 0. The maximum absolute atomic E-state index is 12.9. The van der Waals surface area contributed by atoms with E-state index in [1.807, 2.05) is 0 Å². The highest BCUT2D eigenvalue weighted by Gasteiger charge is 2.30. The number of ketones is 1. The number of amides is 1. The van der Waals surface area contributed by atoms with E-state index in [0.29, 0.717) is 11.3 Å². The van der Waals surface area contributed by atoms with Crippen molar-refractivity contribution < 1.29 is 27.1 Å². The van der Waals surface area contributed by atoms with Crippen LogP contribution < -0.4 is 4.74 Å². The van der Waals surface area contributed by atoms with Gasteiger partial charge in [-0.05, 0) is 43.3 Å². The molecule has 1 amide bonds. The monoisotopic (exact) mass is 420 g/mol. The molecule has 0 N–H and O–H groups in total. The minimum absolute atomic E-state index is 0.113. The first kappa shape index (κ1) is 20.9. The van der Waals surface area contributed by atoms with Gasteiger partial charge in [0, 0.05) is 31.7 Å². The standard InChI is InChI=1S/C20H21FN2O5S/c1-15(24)16-2-8-19(9-3-16)29(26,27)23-12-10-22(11-13-23)20(25)14-28-18-6-4-17(21)5-7-18/h2-9H,10-14H2,1H3. The Morgan fingerprint density at radius 1 is 0.966 bits per heavy atom. The number of carbonyl (C=O) groups is 2. The van der Waals surface area contributed by atoms with Crippen molar-refractivity contribution in [2.75, 3.05) is 32.8 Å². The summed E-state index contributed by atoms with van der Waals surface area (Å²) in [7, 11) is -3.70. The Kier molecular flexibility index (Phi) is 6.29. The highest BCUT2D eigenvalue weighted by molar-refractivity contribution is 7.89. The molecule has 2 aromatic carbocycles. The molecule has 0 spiro atoms. The maximum atomic E-state index is 12.9. The number of rotatable bonds is 6. The van der Waals surface area contributed by atoms with Gasteiger partial charge >= 0.3 is 0 Å². The molecule has 0 radical (unpaired) electrons. The molecule has 3 rings (SSSR count). The predicted molar refractivity (Wildman–Crippen MR) is 104 cm³/mol. The van der Waals surface area contributed by atoms with Gasteiger partial charge in [0.15, 0.2) is 12.4 Å². The predicted octanol–water partition coefficient (Wildman–Crippen LogP) is 1.94. The number of nitrogens with zero attached hydrogens (tertiary/aromatic N) is 2.